The van der Waals surface area contributed by atoms with Crippen molar-refractivity contribution in [3.63, 3.8) is 0 Å². The number of hydrogen-bond donors (Lipinski definition) is 1. The van der Waals surface area contributed by atoms with Gasteiger partial charge < -0.3 is 0 Å². The largest absolute Gasteiger partial charge is 0.261 e. The molecule has 0 atom stereocenters. The van der Waals surface area contributed by atoms with Gasteiger partial charge in [-0.15, -0.1) is 0 Å². The second-order valence-corrected chi connectivity index (χ2v) is 4.20. The average molecular weight is 260 g/mol. The van der Waals surface area contributed by atoms with E-state index >= 15 is 0 Å². The SMILES string of the molecule is CCc1ccc(/C=N\Nc2cccc(Cl)n2)cc1. The van der Waals surface area contributed by atoms with E-state index in [9.17, 15) is 0 Å². The first kappa shape index (κ1) is 12.6. The monoisotopic (exact) mass is 259 g/mol. The van der Waals surface area contributed by atoms with Crippen molar-refractivity contribution in [1.29, 1.82) is 0 Å². The molecule has 0 fully saturated rings. The van der Waals surface area contributed by atoms with E-state index in [1.807, 2.05) is 24.3 Å². The summed E-state index contributed by atoms with van der Waals surface area (Å²) in [6, 6.07) is 13.6. The van der Waals surface area contributed by atoms with Gasteiger partial charge in [0.1, 0.15) is 11.0 Å². The number of aryl methyl sites for hydroxylation is 1. The molecule has 0 aliphatic heterocycles. The Balaban J connectivity index is 1.98. The van der Waals surface area contributed by atoms with Gasteiger partial charge in [0, 0.05) is 0 Å². The standard InChI is InChI=1S/C14H14ClN3/c1-2-11-6-8-12(9-7-11)10-16-18-14-5-3-4-13(15)17-14/h3-10H,2H2,1H3,(H,17,18)/b16-10-. The van der Waals surface area contributed by atoms with Crippen molar-refractivity contribution in [3.8, 4) is 0 Å². The molecule has 1 heterocycles. The minimum absolute atomic E-state index is 0.447. The summed E-state index contributed by atoms with van der Waals surface area (Å²) < 4.78 is 0. The number of pyridine rings is 1. The number of hydrazone groups is 1. The number of anilines is 1. The maximum atomic E-state index is 5.77. The number of halogens is 1. The molecule has 0 saturated carbocycles. The van der Waals surface area contributed by atoms with E-state index in [1.165, 1.54) is 5.56 Å². The fourth-order valence-corrected chi connectivity index (χ4v) is 1.65. The van der Waals surface area contributed by atoms with Crippen LogP contribution in [0.4, 0.5) is 5.82 Å². The van der Waals surface area contributed by atoms with Crippen LogP contribution in [0.15, 0.2) is 47.6 Å². The van der Waals surface area contributed by atoms with Crippen molar-refractivity contribution < 1.29 is 0 Å². The zero-order chi connectivity index (χ0) is 12.8. The summed E-state index contributed by atoms with van der Waals surface area (Å²) >= 11 is 5.77. The molecule has 2 aromatic rings. The second kappa shape index (κ2) is 6.17. The summed E-state index contributed by atoms with van der Waals surface area (Å²) in [5.74, 6) is 0.629. The summed E-state index contributed by atoms with van der Waals surface area (Å²) in [6.07, 6.45) is 2.80. The molecule has 18 heavy (non-hydrogen) atoms. The second-order valence-electron chi connectivity index (χ2n) is 3.81. The molecule has 92 valence electrons. The van der Waals surface area contributed by atoms with E-state index in [4.69, 9.17) is 11.6 Å². The van der Waals surface area contributed by atoms with E-state index in [2.05, 4.69) is 34.6 Å². The lowest BCUT2D eigenvalue weighted by Gasteiger charge is -1.99. The molecule has 3 nitrogen and oxygen atoms in total. The summed E-state index contributed by atoms with van der Waals surface area (Å²) in [5.41, 5.74) is 5.20. The summed E-state index contributed by atoms with van der Waals surface area (Å²) in [5, 5.41) is 4.56. The molecule has 0 bridgehead atoms. The van der Waals surface area contributed by atoms with Crippen LogP contribution in [0.2, 0.25) is 5.15 Å². The van der Waals surface area contributed by atoms with Crippen LogP contribution in [0, 0.1) is 0 Å². The van der Waals surface area contributed by atoms with Crippen molar-refractivity contribution in [2.24, 2.45) is 5.10 Å². The van der Waals surface area contributed by atoms with Gasteiger partial charge in [-0.05, 0) is 29.7 Å². The Bertz CT molecular complexity index is 535. The molecular weight excluding hydrogens is 246 g/mol. The first-order valence-electron chi connectivity index (χ1n) is 5.78. The molecule has 0 saturated heterocycles. The molecule has 0 aliphatic rings. The topological polar surface area (TPSA) is 37.3 Å². The maximum Gasteiger partial charge on any atom is 0.147 e. The van der Waals surface area contributed by atoms with Crippen LogP contribution in [0.1, 0.15) is 18.1 Å². The molecule has 1 aromatic heterocycles. The van der Waals surface area contributed by atoms with Gasteiger partial charge in [0.25, 0.3) is 0 Å². The van der Waals surface area contributed by atoms with Crippen LogP contribution in [0.25, 0.3) is 0 Å². The van der Waals surface area contributed by atoms with E-state index in [-0.39, 0.29) is 0 Å². The molecule has 0 aliphatic carbocycles. The lowest BCUT2D eigenvalue weighted by molar-refractivity contribution is 1.14. The number of benzene rings is 1. The van der Waals surface area contributed by atoms with Crippen LogP contribution < -0.4 is 5.43 Å². The highest BCUT2D eigenvalue weighted by Crippen LogP contribution is 2.09. The van der Waals surface area contributed by atoms with Gasteiger partial charge in [0.2, 0.25) is 0 Å². The summed E-state index contributed by atoms with van der Waals surface area (Å²) in [7, 11) is 0. The van der Waals surface area contributed by atoms with Crippen LogP contribution in [-0.2, 0) is 6.42 Å². The molecule has 0 unspecified atom stereocenters. The van der Waals surface area contributed by atoms with Crippen molar-refractivity contribution in [2.45, 2.75) is 13.3 Å². The first-order valence-corrected chi connectivity index (χ1v) is 6.16. The lowest BCUT2D eigenvalue weighted by Crippen LogP contribution is -1.93. The predicted octanol–water partition coefficient (Wildman–Crippen LogP) is 3.74. The summed E-state index contributed by atoms with van der Waals surface area (Å²) in [4.78, 5) is 4.07. The van der Waals surface area contributed by atoms with Crippen LogP contribution in [0.5, 0.6) is 0 Å². The van der Waals surface area contributed by atoms with E-state index in [0.29, 0.717) is 11.0 Å². The van der Waals surface area contributed by atoms with Gasteiger partial charge >= 0.3 is 0 Å². The minimum atomic E-state index is 0.447. The maximum absolute atomic E-state index is 5.77. The third-order valence-corrected chi connectivity index (χ3v) is 2.71. The Hall–Kier alpha value is -1.87. The normalized spacial score (nSPS) is 10.8. The summed E-state index contributed by atoms with van der Waals surface area (Å²) in [6.45, 7) is 2.13. The third kappa shape index (κ3) is 3.57. The minimum Gasteiger partial charge on any atom is -0.261 e. The Morgan fingerprint density at radius 1 is 1.22 bits per heavy atom. The van der Waals surface area contributed by atoms with Gasteiger partial charge in [-0.25, -0.2) is 4.98 Å². The Kier molecular flexibility index (Phi) is 4.31. The Morgan fingerprint density at radius 2 is 2.00 bits per heavy atom. The lowest BCUT2D eigenvalue weighted by atomic mass is 10.1. The third-order valence-electron chi connectivity index (χ3n) is 2.50. The zero-order valence-corrected chi connectivity index (χ0v) is 10.9. The first-order chi connectivity index (χ1) is 8.78. The van der Waals surface area contributed by atoms with Crippen LogP contribution >= 0.6 is 11.6 Å². The van der Waals surface area contributed by atoms with Gasteiger partial charge in [0.15, 0.2) is 0 Å². The molecule has 1 aromatic carbocycles. The van der Waals surface area contributed by atoms with Gasteiger partial charge in [-0.1, -0.05) is 48.9 Å². The van der Waals surface area contributed by atoms with E-state index in [0.717, 1.165) is 12.0 Å². The van der Waals surface area contributed by atoms with Crippen molar-refractivity contribution >= 4 is 23.6 Å². The van der Waals surface area contributed by atoms with Gasteiger partial charge in [-0.3, -0.25) is 5.43 Å². The Labute approximate surface area is 112 Å². The van der Waals surface area contributed by atoms with Crippen molar-refractivity contribution in [1.82, 2.24) is 4.98 Å². The van der Waals surface area contributed by atoms with Crippen LogP contribution in [-0.4, -0.2) is 11.2 Å². The molecule has 2 rings (SSSR count). The van der Waals surface area contributed by atoms with Gasteiger partial charge in [0.05, 0.1) is 6.21 Å². The smallest absolute Gasteiger partial charge is 0.147 e. The number of nitrogens with zero attached hydrogens (tertiary/aromatic N) is 2. The fourth-order valence-electron chi connectivity index (χ4n) is 1.48. The molecule has 0 radical (unpaired) electrons. The highest BCUT2D eigenvalue weighted by molar-refractivity contribution is 6.29. The number of aromatic nitrogens is 1. The number of hydrogen-bond acceptors (Lipinski definition) is 3. The Morgan fingerprint density at radius 3 is 2.67 bits per heavy atom. The number of nitrogens with one attached hydrogen (secondary N) is 1. The molecule has 4 heteroatoms. The van der Waals surface area contributed by atoms with Crippen molar-refractivity contribution in [3.05, 3.63) is 58.7 Å². The molecule has 0 amide bonds. The molecule has 1 N–H and O–H groups in total. The highest BCUT2D eigenvalue weighted by atomic mass is 35.5. The number of rotatable bonds is 4. The highest BCUT2D eigenvalue weighted by Gasteiger charge is 1.93. The molecular formula is C14H14ClN3. The fraction of sp³-hybridized carbons (Fsp3) is 0.143. The molecule has 0 spiro atoms. The van der Waals surface area contributed by atoms with Crippen LogP contribution in [0.3, 0.4) is 0 Å². The van der Waals surface area contributed by atoms with E-state index in [1.54, 1.807) is 12.3 Å². The quantitative estimate of drug-likeness (QED) is 0.516. The zero-order valence-electron chi connectivity index (χ0n) is 10.1. The average Bonchev–Trinajstić information content (AvgIpc) is 2.40. The predicted molar refractivity (Wildman–Crippen MR) is 76.3 cm³/mol. The van der Waals surface area contributed by atoms with Gasteiger partial charge in [-0.2, -0.15) is 5.10 Å². The van der Waals surface area contributed by atoms with E-state index < -0.39 is 0 Å². The van der Waals surface area contributed by atoms with Crippen molar-refractivity contribution in [2.75, 3.05) is 5.43 Å².